The first kappa shape index (κ1) is 13.0. The number of thioether (sulfide) groups is 1. The quantitative estimate of drug-likeness (QED) is 0.908. The fraction of sp³-hybridized carbons (Fsp3) is 0.636. The highest BCUT2D eigenvalue weighted by atomic mass is 79.9. The Morgan fingerprint density at radius 3 is 2.59 bits per heavy atom. The summed E-state index contributed by atoms with van der Waals surface area (Å²) in [7, 11) is 1.87. The summed E-state index contributed by atoms with van der Waals surface area (Å²) in [4.78, 5) is 10.9. The molecule has 0 amide bonds. The Morgan fingerprint density at radius 1 is 1.35 bits per heavy atom. The maximum Gasteiger partial charge on any atom is 0.148 e. The molecule has 1 aliphatic heterocycles. The molecule has 0 bridgehead atoms. The number of halogens is 1. The van der Waals surface area contributed by atoms with Crippen LogP contribution >= 0.6 is 27.7 Å². The Balaban J connectivity index is 2.27. The van der Waals surface area contributed by atoms with Gasteiger partial charge in [-0.1, -0.05) is 13.8 Å². The van der Waals surface area contributed by atoms with Crippen molar-refractivity contribution in [3.05, 3.63) is 10.8 Å². The molecule has 6 heteroatoms. The molecule has 2 rings (SSSR count). The van der Waals surface area contributed by atoms with Gasteiger partial charge >= 0.3 is 0 Å². The SMILES string of the molecule is CNc1ncnc(N2CC(C)SC(C)C2)c1Br. The lowest BCUT2D eigenvalue weighted by molar-refractivity contribution is 0.715. The van der Waals surface area contributed by atoms with E-state index in [1.165, 1.54) is 0 Å². The molecule has 94 valence electrons. The summed E-state index contributed by atoms with van der Waals surface area (Å²) in [6.45, 7) is 6.60. The van der Waals surface area contributed by atoms with Crippen molar-refractivity contribution in [2.24, 2.45) is 0 Å². The molecule has 0 aliphatic carbocycles. The van der Waals surface area contributed by atoms with E-state index in [4.69, 9.17) is 0 Å². The van der Waals surface area contributed by atoms with E-state index in [0.29, 0.717) is 10.5 Å². The molecule has 2 atom stereocenters. The highest BCUT2D eigenvalue weighted by molar-refractivity contribution is 9.10. The Morgan fingerprint density at radius 2 is 2.00 bits per heavy atom. The molecule has 0 spiro atoms. The summed E-state index contributed by atoms with van der Waals surface area (Å²) in [6.07, 6.45) is 1.61. The van der Waals surface area contributed by atoms with Crippen molar-refractivity contribution in [3.8, 4) is 0 Å². The smallest absolute Gasteiger partial charge is 0.148 e. The molecule has 2 unspecified atom stereocenters. The minimum atomic E-state index is 0.638. The van der Waals surface area contributed by atoms with E-state index in [2.05, 4.69) is 50.0 Å². The predicted octanol–water partition coefficient (Wildman–Crippen LogP) is 2.61. The van der Waals surface area contributed by atoms with Crippen LogP contribution in [0.5, 0.6) is 0 Å². The Kier molecular flexibility index (Phi) is 4.14. The van der Waals surface area contributed by atoms with Crippen molar-refractivity contribution < 1.29 is 0 Å². The molecular formula is C11H17BrN4S. The number of rotatable bonds is 2. The molecule has 2 heterocycles. The topological polar surface area (TPSA) is 41.1 Å². The van der Waals surface area contributed by atoms with Crippen LogP contribution in [-0.2, 0) is 0 Å². The molecule has 1 N–H and O–H groups in total. The van der Waals surface area contributed by atoms with Crippen LogP contribution in [0, 0.1) is 0 Å². The molecular weight excluding hydrogens is 300 g/mol. The van der Waals surface area contributed by atoms with Crippen molar-refractivity contribution in [2.75, 3.05) is 30.4 Å². The lowest BCUT2D eigenvalue weighted by Gasteiger charge is -2.35. The van der Waals surface area contributed by atoms with Gasteiger partial charge in [-0.2, -0.15) is 11.8 Å². The maximum atomic E-state index is 4.40. The second-order valence-electron chi connectivity index (χ2n) is 4.27. The summed E-state index contributed by atoms with van der Waals surface area (Å²) in [5.74, 6) is 1.83. The third kappa shape index (κ3) is 2.85. The molecule has 1 fully saturated rings. The lowest BCUT2D eigenvalue weighted by atomic mass is 10.3. The van der Waals surface area contributed by atoms with Gasteiger partial charge in [-0.3, -0.25) is 0 Å². The minimum absolute atomic E-state index is 0.638. The molecule has 0 radical (unpaired) electrons. The largest absolute Gasteiger partial charge is 0.372 e. The monoisotopic (exact) mass is 316 g/mol. The van der Waals surface area contributed by atoms with E-state index in [1.807, 2.05) is 18.8 Å². The summed E-state index contributed by atoms with van der Waals surface area (Å²) < 4.78 is 0.953. The number of nitrogens with one attached hydrogen (secondary N) is 1. The minimum Gasteiger partial charge on any atom is -0.372 e. The van der Waals surface area contributed by atoms with Crippen molar-refractivity contribution >= 4 is 39.3 Å². The van der Waals surface area contributed by atoms with Crippen LogP contribution in [0.25, 0.3) is 0 Å². The predicted molar refractivity (Wildman–Crippen MR) is 78.0 cm³/mol. The third-order valence-corrected chi connectivity index (χ3v) is 4.68. The van der Waals surface area contributed by atoms with Gasteiger partial charge in [0.25, 0.3) is 0 Å². The first-order valence-electron chi connectivity index (χ1n) is 5.70. The maximum absolute atomic E-state index is 4.40. The molecule has 0 saturated carbocycles. The highest BCUT2D eigenvalue weighted by Crippen LogP contribution is 2.33. The van der Waals surface area contributed by atoms with Crippen LogP contribution in [0.1, 0.15) is 13.8 Å². The zero-order valence-corrected chi connectivity index (χ0v) is 12.7. The van der Waals surface area contributed by atoms with Gasteiger partial charge < -0.3 is 10.2 Å². The summed E-state index contributed by atoms with van der Waals surface area (Å²) in [5.41, 5.74) is 0. The van der Waals surface area contributed by atoms with Crippen LogP contribution in [0.2, 0.25) is 0 Å². The lowest BCUT2D eigenvalue weighted by Crippen LogP contribution is -2.41. The second-order valence-corrected chi connectivity index (χ2v) is 6.95. The van der Waals surface area contributed by atoms with Gasteiger partial charge in [0.05, 0.1) is 0 Å². The Bertz CT molecular complexity index is 391. The zero-order valence-electron chi connectivity index (χ0n) is 10.3. The van der Waals surface area contributed by atoms with Gasteiger partial charge in [0.15, 0.2) is 0 Å². The molecule has 0 aromatic carbocycles. The third-order valence-electron chi connectivity index (χ3n) is 2.73. The van der Waals surface area contributed by atoms with Crippen molar-refractivity contribution in [2.45, 2.75) is 24.3 Å². The van der Waals surface area contributed by atoms with Crippen LogP contribution in [0.4, 0.5) is 11.6 Å². The second kappa shape index (κ2) is 5.44. The van der Waals surface area contributed by atoms with Crippen molar-refractivity contribution in [1.82, 2.24) is 9.97 Å². The van der Waals surface area contributed by atoms with Gasteiger partial charge in [0.2, 0.25) is 0 Å². The molecule has 1 aromatic heterocycles. The number of nitrogens with zero attached hydrogens (tertiary/aromatic N) is 3. The number of hydrogen-bond acceptors (Lipinski definition) is 5. The molecule has 4 nitrogen and oxygen atoms in total. The van der Waals surface area contributed by atoms with E-state index >= 15 is 0 Å². The van der Waals surface area contributed by atoms with E-state index < -0.39 is 0 Å². The average molecular weight is 317 g/mol. The van der Waals surface area contributed by atoms with Crippen molar-refractivity contribution in [3.63, 3.8) is 0 Å². The standard InChI is InChI=1S/C11H17BrN4S/c1-7-4-16(5-8(2)17-7)11-9(12)10(13-3)14-6-15-11/h6-8H,4-5H2,1-3H3,(H,13,14,15). The summed E-state index contributed by atoms with van der Waals surface area (Å²) in [5, 5.41) is 4.34. The van der Waals surface area contributed by atoms with Gasteiger partial charge in [0.1, 0.15) is 22.4 Å². The highest BCUT2D eigenvalue weighted by Gasteiger charge is 2.25. The number of aromatic nitrogens is 2. The van der Waals surface area contributed by atoms with Gasteiger partial charge in [0, 0.05) is 30.6 Å². The zero-order chi connectivity index (χ0) is 12.4. The Labute approximate surface area is 115 Å². The molecule has 1 aliphatic rings. The van der Waals surface area contributed by atoms with Crippen LogP contribution in [0.3, 0.4) is 0 Å². The first-order valence-corrected chi connectivity index (χ1v) is 7.44. The first-order chi connectivity index (χ1) is 8.11. The van der Waals surface area contributed by atoms with Crippen LogP contribution in [0.15, 0.2) is 10.8 Å². The molecule has 1 saturated heterocycles. The molecule has 1 aromatic rings. The van der Waals surface area contributed by atoms with Gasteiger partial charge in [-0.15, -0.1) is 0 Å². The van der Waals surface area contributed by atoms with Crippen LogP contribution < -0.4 is 10.2 Å². The fourth-order valence-corrected chi connectivity index (χ4v) is 4.09. The summed E-state index contributed by atoms with van der Waals surface area (Å²) >= 11 is 5.62. The summed E-state index contributed by atoms with van der Waals surface area (Å²) in [6, 6.07) is 0. The van der Waals surface area contributed by atoms with Gasteiger partial charge in [-0.05, 0) is 15.9 Å². The number of anilines is 2. The van der Waals surface area contributed by atoms with Crippen molar-refractivity contribution in [1.29, 1.82) is 0 Å². The fourth-order valence-electron chi connectivity index (χ4n) is 2.11. The van der Waals surface area contributed by atoms with E-state index in [0.717, 1.165) is 29.2 Å². The number of hydrogen-bond donors (Lipinski definition) is 1. The average Bonchev–Trinajstić information content (AvgIpc) is 2.28. The van der Waals surface area contributed by atoms with Crippen LogP contribution in [-0.4, -0.2) is 40.6 Å². The van der Waals surface area contributed by atoms with Gasteiger partial charge in [-0.25, -0.2) is 9.97 Å². The normalized spacial score (nSPS) is 24.8. The van der Waals surface area contributed by atoms with E-state index in [9.17, 15) is 0 Å². The Hall–Kier alpha value is -0.490. The van der Waals surface area contributed by atoms with E-state index in [1.54, 1.807) is 6.33 Å². The van der Waals surface area contributed by atoms with E-state index in [-0.39, 0.29) is 0 Å². The molecule has 17 heavy (non-hydrogen) atoms.